The molecule has 0 saturated heterocycles. The van der Waals surface area contributed by atoms with Gasteiger partial charge < -0.3 is 8.98 Å². The van der Waals surface area contributed by atoms with Crippen LogP contribution in [0.5, 0.6) is 0 Å². The number of furan rings is 1. The molecule has 0 radical (unpaired) electrons. The van der Waals surface area contributed by atoms with E-state index in [1.165, 1.54) is 6.07 Å². The Hall–Kier alpha value is -1.33. The number of fused-ring (bicyclic) bond motifs is 1. The van der Waals surface area contributed by atoms with E-state index in [-0.39, 0.29) is 11.7 Å². The predicted octanol–water partition coefficient (Wildman–Crippen LogP) is 4.51. The summed E-state index contributed by atoms with van der Waals surface area (Å²) in [5.41, 5.74) is 1.47. The zero-order valence-corrected chi connectivity index (χ0v) is 12.8. The Bertz CT molecular complexity index is 739. The van der Waals surface area contributed by atoms with Gasteiger partial charge in [-0.3, -0.25) is 0 Å². The van der Waals surface area contributed by atoms with Crippen LogP contribution in [0.25, 0.3) is 11.0 Å². The highest BCUT2D eigenvalue weighted by molar-refractivity contribution is 9.10. The molecule has 0 amide bonds. The number of imidazole rings is 1. The number of hydrogen-bond acceptors (Lipinski definition) is 2. The fourth-order valence-electron chi connectivity index (χ4n) is 2.20. The van der Waals surface area contributed by atoms with Crippen molar-refractivity contribution in [2.45, 2.75) is 18.8 Å². The van der Waals surface area contributed by atoms with Gasteiger partial charge in [0.2, 0.25) is 0 Å². The summed E-state index contributed by atoms with van der Waals surface area (Å²) in [4.78, 5) is 4.44. The molecule has 0 unspecified atom stereocenters. The molecule has 3 aromatic rings. The van der Waals surface area contributed by atoms with Crippen LogP contribution < -0.4 is 0 Å². The Balaban J connectivity index is 2.01. The van der Waals surface area contributed by atoms with Crippen molar-refractivity contribution >= 4 is 38.6 Å². The zero-order chi connectivity index (χ0) is 14.1. The largest absolute Gasteiger partial charge is 0.469 e. The van der Waals surface area contributed by atoms with Gasteiger partial charge >= 0.3 is 0 Å². The lowest BCUT2D eigenvalue weighted by molar-refractivity contribution is 0.491. The standard InChI is InChI=1S/C14H11BrClFN2O/c15-10-6-12-13(7-11(10)17)19(14(8-16)18-12)4-3-9-2-1-5-20-9/h1-2,5-7H,3-4,8H2. The molecule has 0 aliphatic carbocycles. The molecule has 0 saturated carbocycles. The fourth-order valence-corrected chi connectivity index (χ4v) is 2.73. The summed E-state index contributed by atoms with van der Waals surface area (Å²) in [6.45, 7) is 0.646. The molecule has 0 aliphatic heterocycles. The number of hydrogen-bond donors (Lipinski definition) is 0. The zero-order valence-electron chi connectivity index (χ0n) is 10.4. The Kier molecular flexibility index (Phi) is 3.81. The van der Waals surface area contributed by atoms with Crippen LogP contribution >= 0.6 is 27.5 Å². The summed E-state index contributed by atoms with van der Waals surface area (Å²) >= 11 is 9.10. The Labute approximate surface area is 128 Å². The van der Waals surface area contributed by atoms with Crippen molar-refractivity contribution < 1.29 is 8.81 Å². The van der Waals surface area contributed by atoms with Gasteiger partial charge in [-0.15, -0.1) is 11.6 Å². The molecule has 20 heavy (non-hydrogen) atoms. The van der Waals surface area contributed by atoms with E-state index in [9.17, 15) is 4.39 Å². The van der Waals surface area contributed by atoms with Gasteiger partial charge in [0.25, 0.3) is 0 Å². The van der Waals surface area contributed by atoms with E-state index >= 15 is 0 Å². The normalized spacial score (nSPS) is 11.3. The minimum Gasteiger partial charge on any atom is -0.469 e. The molecule has 2 heterocycles. The van der Waals surface area contributed by atoms with Crippen LogP contribution in [-0.4, -0.2) is 9.55 Å². The molecule has 0 aliphatic rings. The molecule has 0 spiro atoms. The van der Waals surface area contributed by atoms with Crippen molar-refractivity contribution in [1.82, 2.24) is 9.55 Å². The smallest absolute Gasteiger partial charge is 0.139 e. The summed E-state index contributed by atoms with van der Waals surface area (Å²) in [5, 5.41) is 0. The maximum absolute atomic E-state index is 13.7. The fraction of sp³-hybridized carbons (Fsp3) is 0.214. The number of aryl methyl sites for hydroxylation is 2. The summed E-state index contributed by atoms with van der Waals surface area (Å²) in [6, 6.07) is 6.91. The van der Waals surface area contributed by atoms with Crippen molar-refractivity contribution in [3.63, 3.8) is 0 Å². The van der Waals surface area contributed by atoms with Crippen LogP contribution in [-0.2, 0) is 18.8 Å². The molecule has 0 atom stereocenters. The number of halogens is 3. The molecule has 104 valence electrons. The summed E-state index contributed by atoms with van der Waals surface area (Å²) in [5.74, 6) is 1.58. The average molecular weight is 358 g/mol. The van der Waals surface area contributed by atoms with Crippen LogP contribution in [0.3, 0.4) is 0 Å². The van der Waals surface area contributed by atoms with Crippen LogP contribution in [0.15, 0.2) is 39.4 Å². The minimum atomic E-state index is -0.308. The number of aromatic nitrogens is 2. The van der Waals surface area contributed by atoms with E-state index in [2.05, 4.69) is 20.9 Å². The lowest BCUT2D eigenvalue weighted by atomic mass is 10.3. The van der Waals surface area contributed by atoms with Gasteiger partial charge in [0, 0.05) is 19.0 Å². The van der Waals surface area contributed by atoms with Crippen LogP contribution in [0.1, 0.15) is 11.6 Å². The van der Waals surface area contributed by atoms with E-state index in [0.717, 1.165) is 22.6 Å². The third kappa shape index (κ3) is 2.47. The van der Waals surface area contributed by atoms with Crippen molar-refractivity contribution in [3.8, 4) is 0 Å². The Morgan fingerprint density at radius 3 is 2.95 bits per heavy atom. The van der Waals surface area contributed by atoms with Gasteiger partial charge in [0.1, 0.15) is 17.4 Å². The van der Waals surface area contributed by atoms with Gasteiger partial charge in [-0.05, 0) is 34.1 Å². The molecule has 0 N–H and O–H groups in total. The van der Waals surface area contributed by atoms with E-state index in [1.54, 1.807) is 12.3 Å². The minimum absolute atomic E-state index is 0.284. The van der Waals surface area contributed by atoms with E-state index < -0.39 is 0 Å². The second kappa shape index (κ2) is 5.58. The van der Waals surface area contributed by atoms with E-state index in [4.69, 9.17) is 16.0 Å². The first-order chi connectivity index (χ1) is 9.69. The molecular formula is C14H11BrClFN2O. The third-order valence-electron chi connectivity index (χ3n) is 3.15. The highest BCUT2D eigenvalue weighted by Gasteiger charge is 2.13. The molecular weight excluding hydrogens is 347 g/mol. The highest BCUT2D eigenvalue weighted by Crippen LogP contribution is 2.25. The lowest BCUT2D eigenvalue weighted by Crippen LogP contribution is -2.04. The number of alkyl halides is 1. The molecule has 6 heteroatoms. The SMILES string of the molecule is Fc1cc2c(cc1Br)nc(CCl)n2CCc1ccco1. The van der Waals surface area contributed by atoms with Gasteiger partial charge in [0.15, 0.2) is 0 Å². The quantitative estimate of drug-likeness (QED) is 0.643. The molecule has 2 aromatic heterocycles. The monoisotopic (exact) mass is 356 g/mol. The van der Waals surface area contributed by atoms with E-state index in [0.29, 0.717) is 17.4 Å². The first-order valence-electron chi connectivity index (χ1n) is 6.11. The second-order valence-electron chi connectivity index (χ2n) is 4.40. The summed E-state index contributed by atoms with van der Waals surface area (Å²) < 4.78 is 21.4. The number of rotatable bonds is 4. The van der Waals surface area contributed by atoms with Gasteiger partial charge in [0.05, 0.1) is 27.6 Å². The molecule has 3 nitrogen and oxygen atoms in total. The van der Waals surface area contributed by atoms with Crippen LogP contribution in [0.4, 0.5) is 4.39 Å². The van der Waals surface area contributed by atoms with E-state index in [1.807, 2.05) is 16.7 Å². The number of nitrogens with zero attached hydrogens (tertiary/aromatic N) is 2. The topological polar surface area (TPSA) is 31.0 Å². The van der Waals surface area contributed by atoms with Gasteiger partial charge in [-0.25, -0.2) is 9.37 Å². The number of benzene rings is 1. The molecule has 0 bridgehead atoms. The summed E-state index contributed by atoms with van der Waals surface area (Å²) in [7, 11) is 0. The summed E-state index contributed by atoms with van der Waals surface area (Å²) in [6.07, 6.45) is 2.35. The van der Waals surface area contributed by atoms with Crippen molar-refractivity contribution in [2.24, 2.45) is 0 Å². The first kappa shape index (κ1) is 13.6. The molecule has 0 fully saturated rings. The van der Waals surface area contributed by atoms with Crippen LogP contribution in [0, 0.1) is 5.82 Å². The lowest BCUT2D eigenvalue weighted by Gasteiger charge is -2.06. The average Bonchev–Trinajstić information content (AvgIpc) is 3.05. The van der Waals surface area contributed by atoms with Crippen molar-refractivity contribution in [3.05, 3.63) is 52.4 Å². The van der Waals surface area contributed by atoms with Gasteiger partial charge in [-0.2, -0.15) is 0 Å². The maximum atomic E-state index is 13.7. The maximum Gasteiger partial charge on any atom is 0.139 e. The van der Waals surface area contributed by atoms with Gasteiger partial charge in [-0.1, -0.05) is 0 Å². The molecule has 1 aromatic carbocycles. The molecule has 3 rings (SSSR count). The van der Waals surface area contributed by atoms with Crippen molar-refractivity contribution in [1.29, 1.82) is 0 Å². The first-order valence-corrected chi connectivity index (χ1v) is 7.44. The van der Waals surface area contributed by atoms with Crippen LogP contribution in [0.2, 0.25) is 0 Å². The van der Waals surface area contributed by atoms with Crippen molar-refractivity contribution in [2.75, 3.05) is 0 Å². The Morgan fingerprint density at radius 2 is 2.25 bits per heavy atom. The third-order valence-corrected chi connectivity index (χ3v) is 4.00. The highest BCUT2D eigenvalue weighted by atomic mass is 79.9. The second-order valence-corrected chi connectivity index (χ2v) is 5.52. The Morgan fingerprint density at radius 1 is 1.40 bits per heavy atom. The predicted molar refractivity (Wildman–Crippen MR) is 79.4 cm³/mol.